The summed E-state index contributed by atoms with van der Waals surface area (Å²) >= 11 is 0. The molecule has 0 spiro atoms. The Morgan fingerprint density at radius 3 is 2.33 bits per heavy atom. The van der Waals surface area contributed by atoms with Gasteiger partial charge in [0.25, 0.3) is 0 Å². The monoisotopic (exact) mass is 388 g/mol. The minimum atomic E-state index is -3.64. The molecule has 1 fully saturated rings. The second kappa shape index (κ2) is 7.70. The summed E-state index contributed by atoms with van der Waals surface area (Å²) in [6.45, 7) is 6.44. The standard InChI is InChI=1S/C20H24N2O4S/c1-14(2)16-6-8-17(9-7-16)22-13-18(26-20(22)23)12-21-27(24,25)19-10-4-15(3)5-11-19/h4-11,14,18,21H,12-13H2,1-3H3. The molecule has 1 saturated heterocycles. The average Bonchev–Trinajstić information content (AvgIpc) is 3.01. The highest BCUT2D eigenvalue weighted by atomic mass is 32.2. The van der Waals surface area contributed by atoms with Crippen LogP contribution < -0.4 is 9.62 Å². The van der Waals surface area contributed by atoms with Gasteiger partial charge in [-0.1, -0.05) is 43.7 Å². The number of cyclic esters (lactones) is 1. The Labute approximate surface area is 160 Å². The van der Waals surface area contributed by atoms with Crippen LogP contribution in [0.2, 0.25) is 0 Å². The van der Waals surface area contributed by atoms with E-state index in [0.29, 0.717) is 12.5 Å². The lowest BCUT2D eigenvalue weighted by molar-refractivity contribution is 0.143. The Morgan fingerprint density at radius 1 is 1.11 bits per heavy atom. The second-order valence-corrected chi connectivity index (χ2v) is 8.79. The summed E-state index contributed by atoms with van der Waals surface area (Å²) in [4.78, 5) is 13.9. The summed E-state index contributed by atoms with van der Waals surface area (Å²) in [7, 11) is -3.64. The first kappa shape index (κ1) is 19.4. The third-order valence-corrected chi connectivity index (χ3v) is 6.02. The molecule has 0 aliphatic carbocycles. The van der Waals surface area contributed by atoms with E-state index in [9.17, 15) is 13.2 Å². The summed E-state index contributed by atoms with van der Waals surface area (Å²) in [6.07, 6.45) is -1.01. The number of nitrogens with zero attached hydrogens (tertiary/aromatic N) is 1. The largest absolute Gasteiger partial charge is 0.443 e. The molecule has 1 heterocycles. The maximum atomic E-state index is 12.4. The van der Waals surface area contributed by atoms with Crippen LogP contribution in [-0.2, 0) is 14.8 Å². The highest BCUT2D eigenvalue weighted by Gasteiger charge is 2.33. The maximum absolute atomic E-state index is 12.4. The first-order valence-electron chi connectivity index (χ1n) is 8.91. The first-order chi connectivity index (χ1) is 12.8. The number of hydrogen-bond donors (Lipinski definition) is 1. The second-order valence-electron chi connectivity index (χ2n) is 7.03. The Balaban J connectivity index is 1.63. The smallest absolute Gasteiger partial charge is 0.414 e. The molecule has 0 bridgehead atoms. The summed E-state index contributed by atoms with van der Waals surface area (Å²) in [5.41, 5.74) is 2.92. The number of carbonyl (C=O) groups excluding carboxylic acids is 1. The SMILES string of the molecule is Cc1ccc(S(=O)(=O)NCC2CN(c3ccc(C(C)C)cc3)C(=O)O2)cc1. The number of amides is 1. The molecule has 1 aliphatic rings. The third kappa shape index (κ3) is 4.48. The lowest BCUT2D eigenvalue weighted by atomic mass is 10.0. The Bertz CT molecular complexity index is 906. The number of anilines is 1. The Morgan fingerprint density at radius 2 is 1.74 bits per heavy atom. The number of ether oxygens (including phenoxy) is 1. The van der Waals surface area contributed by atoms with E-state index in [1.54, 1.807) is 24.3 Å². The average molecular weight is 388 g/mol. The number of sulfonamides is 1. The Kier molecular flexibility index (Phi) is 5.53. The molecule has 144 valence electrons. The zero-order chi connectivity index (χ0) is 19.6. The minimum Gasteiger partial charge on any atom is -0.443 e. The van der Waals surface area contributed by atoms with Gasteiger partial charge >= 0.3 is 6.09 Å². The molecule has 2 aromatic rings. The van der Waals surface area contributed by atoms with Crippen molar-refractivity contribution in [2.24, 2.45) is 0 Å². The molecule has 6 nitrogen and oxygen atoms in total. The normalized spacial score (nSPS) is 17.4. The topological polar surface area (TPSA) is 75.7 Å². The molecule has 27 heavy (non-hydrogen) atoms. The van der Waals surface area contributed by atoms with Gasteiger partial charge in [-0.15, -0.1) is 0 Å². The summed E-state index contributed by atoms with van der Waals surface area (Å²) in [6, 6.07) is 14.3. The van der Waals surface area contributed by atoms with E-state index in [1.807, 2.05) is 31.2 Å². The molecule has 7 heteroatoms. The van der Waals surface area contributed by atoms with Crippen LogP contribution in [0.1, 0.15) is 30.9 Å². The van der Waals surface area contributed by atoms with Crippen LogP contribution in [0.5, 0.6) is 0 Å². The molecule has 0 radical (unpaired) electrons. The fourth-order valence-electron chi connectivity index (χ4n) is 2.88. The van der Waals surface area contributed by atoms with Crippen LogP contribution in [0.4, 0.5) is 10.5 Å². The number of aryl methyl sites for hydroxylation is 1. The molecule has 0 aromatic heterocycles. The number of rotatable bonds is 6. The van der Waals surface area contributed by atoms with Gasteiger partial charge in [0, 0.05) is 12.2 Å². The van der Waals surface area contributed by atoms with Crippen LogP contribution in [0, 0.1) is 6.92 Å². The molecule has 2 aromatic carbocycles. The van der Waals surface area contributed by atoms with Crippen LogP contribution in [-0.4, -0.2) is 33.7 Å². The molecular formula is C20H24N2O4S. The van der Waals surface area contributed by atoms with Gasteiger partial charge in [0.15, 0.2) is 0 Å². The van der Waals surface area contributed by atoms with Crippen molar-refractivity contribution in [1.82, 2.24) is 4.72 Å². The number of nitrogens with one attached hydrogen (secondary N) is 1. The number of hydrogen-bond acceptors (Lipinski definition) is 4. The van der Waals surface area contributed by atoms with Gasteiger partial charge in [0.1, 0.15) is 6.10 Å². The molecule has 1 N–H and O–H groups in total. The van der Waals surface area contributed by atoms with Crippen molar-refractivity contribution in [3.05, 3.63) is 59.7 Å². The third-order valence-electron chi connectivity index (χ3n) is 4.58. The molecule has 3 rings (SSSR count). The van der Waals surface area contributed by atoms with E-state index in [2.05, 4.69) is 18.6 Å². The summed E-state index contributed by atoms with van der Waals surface area (Å²) in [5.74, 6) is 0.411. The van der Waals surface area contributed by atoms with Gasteiger partial charge < -0.3 is 4.74 Å². The number of carbonyl (C=O) groups is 1. The van der Waals surface area contributed by atoms with E-state index in [1.165, 1.54) is 10.5 Å². The lowest BCUT2D eigenvalue weighted by Crippen LogP contribution is -2.34. The fraction of sp³-hybridized carbons (Fsp3) is 0.350. The van der Waals surface area contributed by atoms with Crippen LogP contribution in [0.25, 0.3) is 0 Å². The van der Waals surface area contributed by atoms with Crippen LogP contribution >= 0.6 is 0 Å². The zero-order valence-corrected chi connectivity index (χ0v) is 16.5. The molecular weight excluding hydrogens is 364 g/mol. The lowest BCUT2D eigenvalue weighted by Gasteiger charge is -2.14. The quantitative estimate of drug-likeness (QED) is 0.823. The van der Waals surface area contributed by atoms with Crippen molar-refractivity contribution in [2.75, 3.05) is 18.0 Å². The van der Waals surface area contributed by atoms with Gasteiger partial charge in [-0.2, -0.15) is 0 Å². The van der Waals surface area contributed by atoms with E-state index in [4.69, 9.17) is 4.74 Å². The molecule has 1 aliphatic heterocycles. The fourth-order valence-corrected chi connectivity index (χ4v) is 3.95. The van der Waals surface area contributed by atoms with Crippen LogP contribution in [0.3, 0.4) is 0 Å². The van der Waals surface area contributed by atoms with Crippen molar-refractivity contribution < 1.29 is 17.9 Å². The molecule has 1 unspecified atom stereocenters. The van der Waals surface area contributed by atoms with Crippen molar-refractivity contribution in [3.63, 3.8) is 0 Å². The van der Waals surface area contributed by atoms with Gasteiger partial charge in [-0.3, -0.25) is 4.90 Å². The van der Waals surface area contributed by atoms with E-state index in [0.717, 1.165) is 11.3 Å². The van der Waals surface area contributed by atoms with Gasteiger partial charge in [0.05, 0.1) is 11.4 Å². The van der Waals surface area contributed by atoms with Gasteiger partial charge in [-0.05, 0) is 42.7 Å². The van der Waals surface area contributed by atoms with Crippen molar-refractivity contribution >= 4 is 21.8 Å². The molecule has 1 atom stereocenters. The van der Waals surface area contributed by atoms with Gasteiger partial charge in [0.2, 0.25) is 10.0 Å². The summed E-state index contributed by atoms with van der Waals surface area (Å²) in [5, 5.41) is 0. The molecule has 1 amide bonds. The van der Waals surface area contributed by atoms with Crippen molar-refractivity contribution in [2.45, 2.75) is 37.7 Å². The van der Waals surface area contributed by atoms with Crippen LogP contribution in [0.15, 0.2) is 53.4 Å². The highest BCUT2D eigenvalue weighted by Crippen LogP contribution is 2.24. The Hall–Kier alpha value is -2.38. The predicted octanol–water partition coefficient (Wildman–Crippen LogP) is 3.42. The van der Waals surface area contributed by atoms with Gasteiger partial charge in [-0.25, -0.2) is 17.9 Å². The van der Waals surface area contributed by atoms with Crippen molar-refractivity contribution in [3.8, 4) is 0 Å². The van der Waals surface area contributed by atoms with E-state index < -0.39 is 22.2 Å². The van der Waals surface area contributed by atoms with Crippen molar-refractivity contribution in [1.29, 1.82) is 0 Å². The first-order valence-corrected chi connectivity index (χ1v) is 10.4. The maximum Gasteiger partial charge on any atom is 0.414 e. The predicted molar refractivity (Wildman–Crippen MR) is 105 cm³/mol. The zero-order valence-electron chi connectivity index (χ0n) is 15.7. The minimum absolute atomic E-state index is 0.0303. The molecule has 0 saturated carbocycles. The number of benzene rings is 2. The summed E-state index contributed by atoms with van der Waals surface area (Å²) < 4.78 is 32.6. The van der Waals surface area contributed by atoms with E-state index >= 15 is 0 Å². The van der Waals surface area contributed by atoms with E-state index in [-0.39, 0.29) is 11.4 Å². The highest BCUT2D eigenvalue weighted by molar-refractivity contribution is 7.89.